The molecule has 0 saturated heterocycles. The third-order valence-electron chi connectivity index (χ3n) is 3.15. The third-order valence-corrected chi connectivity index (χ3v) is 3.15. The molecule has 0 aliphatic rings. The van der Waals surface area contributed by atoms with Crippen LogP contribution >= 0.6 is 0 Å². The van der Waals surface area contributed by atoms with Crippen LogP contribution in [0.2, 0.25) is 0 Å². The predicted molar refractivity (Wildman–Crippen MR) is 70.4 cm³/mol. The number of aryl methyl sites for hydroxylation is 1. The molecule has 2 rings (SSSR count). The fraction of sp³-hybridized carbons (Fsp3) is 0.333. The van der Waals surface area contributed by atoms with E-state index in [-0.39, 0.29) is 18.1 Å². The molecule has 0 unspecified atom stereocenters. The number of nitrogens with zero attached hydrogens (tertiary/aromatic N) is 4. The number of hydrogen-bond donors (Lipinski definition) is 0. The third kappa shape index (κ3) is 3.05. The van der Waals surface area contributed by atoms with Gasteiger partial charge < -0.3 is 4.52 Å². The second-order valence-corrected chi connectivity index (χ2v) is 4.75. The fourth-order valence-corrected chi connectivity index (χ4v) is 1.69. The normalized spacial score (nSPS) is 11.4. The fourth-order valence-electron chi connectivity index (χ4n) is 1.69. The molecule has 1 aromatic heterocycles. The van der Waals surface area contributed by atoms with Crippen LogP contribution in [0.3, 0.4) is 0 Å². The Kier molecular flexibility index (Phi) is 4.11. The van der Waals surface area contributed by atoms with Gasteiger partial charge >= 0.3 is 5.66 Å². The second kappa shape index (κ2) is 5.84. The van der Waals surface area contributed by atoms with Gasteiger partial charge in [0.2, 0.25) is 11.7 Å². The van der Waals surface area contributed by atoms with E-state index in [2.05, 4.69) is 10.1 Å². The zero-order valence-corrected chi connectivity index (χ0v) is 11.4. The van der Waals surface area contributed by atoms with E-state index in [0.717, 1.165) is 6.92 Å². The van der Waals surface area contributed by atoms with Gasteiger partial charge in [-0.2, -0.15) is 4.98 Å². The van der Waals surface area contributed by atoms with Crippen LogP contribution < -0.4 is 0 Å². The van der Waals surface area contributed by atoms with Gasteiger partial charge in [0.05, 0.1) is 23.2 Å². The minimum Gasteiger partial charge on any atom is -0.339 e. The summed E-state index contributed by atoms with van der Waals surface area (Å²) >= 11 is 0. The molecule has 0 aliphatic carbocycles. The van der Waals surface area contributed by atoms with E-state index in [1.165, 1.54) is 18.2 Å². The first-order valence-electron chi connectivity index (χ1n) is 6.20. The van der Waals surface area contributed by atoms with E-state index in [9.17, 15) is 24.6 Å². The molecule has 1 heterocycles. The SMILES string of the molecule is CC(CCc1nc(-c2cccc(F)c2)no1)([N+](=O)[O-])[N+](=O)[O-]. The molecular formula is C12H11FN4O5. The van der Waals surface area contributed by atoms with Crippen molar-refractivity contribution in [2.75, 3.05) is 0 Å². The molecule has 9 nitrogen and oxygen atoms in total. The Labute approximate surface area is 123 Å². The molecule has 22 heavy (non-hydrogen) atoms. The molecule has 0 amide bonds. The maximum absolute atomic E-state index is 13.1. The Morgan fingerprint density at radius 2 is 2.00 bits per heavy atom. The Hall–Kier alpha value is -2.91. The second-order valence-electron chi connectivity index (χ2n) is 4.75. The summed E-state index contributed by atoms with van der Waals surface area (Å²) in [4.78, 5) is 23.6. The number of rotatable bonds is 6. The Balaban J connectivity index is 2.13. The zero-order chi connectivity index (χ0) is 16.3. The van der Waals surface area contributed by atoms with Gasteiger partial charge in [0.15, 0.2) is 0 Å². The van der Waals surface area contributed by atoms with Gasteiger partial charge in [-0.1, -0.05) is 17.3 Å². The Morgan fingerprint density at radius 1 is 1.32 bits per heavy atom. The lowest BCUT2D eigenvalue weighted by molar-refractivity contribution is -0.793. The summed E-state index contributed by atoms with van der Waals surface area (Å²) in [5.74, 6) is -0.356. The molecule has 10 heteroatoms. The van der Waals surface area contributed by atoms with Crippen molar-refractivity contribution in [1.29, 1.82) is 0 Å². The summed E-state index contributed by atoms with van der Waals surface area (Å²) in [6, 6.07) is 5.49. The highest BCUT2D eigenvalue weighted by atomic mass is 19.1. The smallest absolute Gasteiger partial charge is 0.339 e. The van der Waals surface area contributed by atoms with Crippen molar-refractivity contribution in [3.63, 3.8) is 0 Å². The molecular weight excluding hydrogens is 299 g/mol. The minimum absolute atomic E-state index is 0.00851. The first kappa shape index (κ1) is 15.5. The summed E-state index contributed by atoms with van der Waals surface area (Å²) in [6.07, 6.45) is -0.543. The number of nitro groups is 2. The quantitative estimate of drug-likeness (QED) is 0.454. The lowest BCUT2D eigenvalue weighted by Gasteiger charge is -2.10. The van der Waals surface area contributed by atoms with E-state index in [0.29, 0.717) is 5.56 Å². The molecule has 0 atom stereocenters. The topological polar surface area (TPSA) is 125 Å². The van der Waals surface area contributed by atoms with Crippen LogP contribution in [0, 0.1) is 26.0 Å². The van der Waals surface area contributed by atoms with E-state index < -0.39 is 27.7 Å². The highest BCUT2D eigenvalue weighted by Gasteiger charge is 2.50. The maximum atomic E-state index is 13.1. The highest BCUT2D eigenvalue weighted by molar-refractivity contribution is 5.53. The van der Waals surface area contributed by atoms with Crippen molar-refractivity contribution < 1.29 is 18.8 Å². The first-order chi connectivity index (χ1) is 10.3. The van der Waals surface area contributed by atoms with E-state index in [1.807, 2.05) is 0 Å². The van der Waals surface area contributed by atoms with E-state index in [4.69, 9.17) is 4.52 Å². The summed E-state index contributed by atoms with van der Waals surface area (Å²) in [7, 11) is 0. The summed E-state index contributed by atoms with van der Waals surface area (Å²) in [5.41, 5.74) is -1.95. The van der Waals surface area contributed by atoms with Gasteiger partial charge in [0.1, 0.15) is 5.82 Å². The molecule has 0 saturated carbocycles. The molecule has 2 aromatic rings. The van der Waals surface area contributed by atoms with Crippen molar-refractivity contribution in [3.8, 4) is 11.4 Å². The zero-order valence-electron chi connectivity index (χ0n) is 11.4. The maximum Gasteiger partial charge on any atom is 0.456 e. The van der Waals surface area contributed by atoms with E-state index in [1.54, 1.807) is 6.07 Å². The van der Waals surface area contributed by atoms with Gasteiger partial charge in [-0.05, 0) is 12.1 Å². The van der Waals surface area contributed by atoms with Crippen molar-refractivity contribution in [2.24, 2.45) is 0 Å². The van der Waals surface area contributed by atoms with Crippen LogP contribution in [-0.2, 0) is 6.42 Å². The van der Waals surface area contributed by atoms with Crippen LogP contribution in [0.4, 0.5) is 4.39 Å². The summed E-state index contributed by atoms with van der Waals surface area (Å²) < 4.78 is 18.0. The molecule has 0 N–H and O–H groups in total. The molecule has 0 bridgehead atoms. The average molecular weight is 310 g/mol. The van der Waals surface area contributed by atoms with Gasteiger partial charge in [-0.25, -0.2) is 4.39 Å². The van der Waals surface area contributed by atoms with Crippen molar-refractivity contribution in [2.45, 2.75) is 25.4 Å². The number of benzene rings is 1. The minimum atomic E-state index is -2.33. The standard InChI is InChI=1S/C12H11FN4O5/c1-12(16(18)19,17(20)21)6-5-10-14-11(15-22-10)8-3-2-4-9(13)7-8/h2-4,7H,5-6H2,1H3. The van der Waals surface area contributed by atoms with Crippen LogP contribution in [-0.4, -0.2) is 25.7 Å². The number of aromatic nitrogens is 2. The molecule has 0 radical (unpaired) electrons. The first-order valence-corrected chi connectivity index (χ1v) is 6.20. The van der Waals surface area contributed by atoms with Crippen molar-refractivity contribution in [1.82, 2.24) is 10.1 Å². The van der Waals surface area contributed by atoms with Gasteiger partial charge in [0, 0.05) is 12.0 Å². The molecule has 0 aliphatic heterocycles. The molecule has 116 valence electrons. The number of halogens is 1. The Bertz CT molecular complexity index is 703. The average Bonchev–Trinajstić information content (AvgIpc) is 2.93. The largest absolute Gasteiger partial charge is 0.456 e. The van der Waals surface area contributed by atoms with Crippen molar-refractivity contribution in [3.05, 3.63) is 56.2 Å². The highest BCUT2D eigenvalue weighted by Crippen LogP contribution is 2.20. The molecule has 0 fully saturated rings. The van der Waals surface area contributed by atoms with Gasteiger partial charge in [-0.15, -0.1) is 0 Å². The number of hydrogen-bond acceptors (Lipinski definition) is 7. The summed E-state index contributed by atoms with van der Waals surface area (Å²) in [5, 5.41) is 25.2. The van der Waals surface area contributed by atoms with Crippen molar-refractivity contribution >= 4 is 0 Å². The predicted octanol–water partition coefficient (Wildman–Crippen LogP) is 2.08. The van der Waals surface area contributed by atoms with Crippen LogP contribution in [0.25, 0.3) is 11.4 Å². The lowest BCUT2D eigenvalue weighted by Crippen LogP contribution is -2.43. The van der Waals surface area contributed by atoms with Crippen LogP contribution in [0.1, 0.15) is 19.2 Å². The summed E-state index contributed by atoms with van der Waals surface area (Å²) in [6.45, 7) is 0.914. The van der Waals surface area contributed by atoms with Crippen LogP contribution in [0.5, 0.6) is 0 Å². The van der Waals surface area contributed by atoms with E-state index >= 15 is 0 Å². The monoisotopic (exact) mass is 310 g/mol. The lowest BCUT2D eigenvalue weighted by atomic mass is 10.1. The van der Waals surface area contributed by atoms with Gasteiger partial charge in [-0.3, -0.25) is 20.2 Å². The van der Waals surface area contributed by atoms with Crippen LogP contribution in [0.15, 0.2) is 28.8 Å². The molecule has 1 aromatic carbocycles. The molecule has 0 spiro atoms. The van der Waals surface area contributed by atoms with Gasteiger partial charge in [0.25, 0.3) is 0 Å². The Morgan fingerprint density at radius 3 is 2.59 bits per heavy atom.